The maximum absolute atomic E-state index is 11.7. The molecule has 1 amide bonds. The van der Waals surface area contributed by atoms with E-state index in [1.807, 2.05) is 20.8 Å². The molecule has 0 unspecified atom stereocenters. The minimum absolute atomic E-state index is 0.0925. The van der Waals surface area contributed by atoms with E-state index >= 15 is 0 Å². The number of aliphatic hydroxyl groups is 1. The molecule has 1 aliphatic heterocycles. The van der Waals surface area contributed by atoms with Crippen molar-refractivity contribution in [2.75, 3.05) is 19.7 Å². The van der Waals surface area contributed by atoms with E-state index in [4.69, 9.17) is 9.84 Å². The number of alkyl halides is 1. The van der Waals surface area contributed by atoms with Gasteiger partial charge in [-0.2, -0.15) is 0 Å². The number of hydrogen-bond donors (Lipinski definition) is 1. The predicted molar refractivity (Wildman–Crippen MR) is 61.1 cm³/mol. The Morgan fingerprint density at radius 3 is 2.53 bits per heavy atom. The van der Waals surface area contributed by atoms with Crippen LogP contribution in [0, 0.1) is 5.92 Å². The number of nitrogens with zero attached hydrogens (tertiary/aromatic N) is 1. The molecule has 0 spiro atoms. The molecule has 0 bridgehead atoms. The fourth-order valence-corrected chi connectivity index (χ4v) is 2.16. The van der Waals surface area contributed by atoms with Crippen LogP contribution in [0.4, 0.5) is 4.79 Å². The molecule has 2 atom stereocenters. The second-order valence-electron chi connectivity index (χ2n) is 4.84. The summed E-state index contributed by atoms with van der Waals surface area (Å²) < 4.78 is 5.25. The zero-order chi connectivity index (χ0) is 11.6. The second kappa shape index (κ2) is 4.70. The van der Waals surface area contributed by atoms with E-state index in [9.17, 15) is 4.79 Å². The van der Waals surface area contributed by atoms with Gasteiger partial charge in [0.05, 0.1) is 0 Å². The van der Waals surface area contributed by atoms with Gasteiger partial charge in [0.25, 0.3) is 0 Å². The van der Waals surface area contributed by atoms with Gasteiger partial charge in [0.2, 0.25) is 0 Å². The van der Waals surface area contributed by atoms with Crippen molar-refractivity contribution in [3.8, 4) is 0 Å². The fraction of sp³-hybridized carbons (Fsp3) is 0.900. The third-order valence-electron chi connectivity index (χ3n) is 2.25. The first kappa shape index (κ1) is 12.8. The van der Waals surface area contributed by atoms with E-state index in [1.54, 1.807) is 4.90 Å². The average molecular weight is 280 g/mol. The first-order chi connectivity index (χ1) is 6.83. The molecule has 15 heavy (non-hydrogen) atoms. The molecule has 1 fully saturated rings. The molecular formula is C10H18BrNO3. The summed E-state index contributed by atoms with van der Waals surface area (Å²) >= 11 is 3.44. The van der Waals surface area contributed by atoms with Crippen molar-refractivity contribution < 1.29 is 14.6 Å². The van der Waals surface area contributed by atoms with E-state index < -0.39 is 5.60 Å². The third-order valence-corrected chi connectivity index (χ3v) is 3.28. The fourth-order valence-electron chi connectivity index (χ4n) is 1.48. The van der Waals surface area contributed by atoms with Crippen LogP contribution in [0.5, 0.6) is 0 Å². The van der Waals surface area contributed by atoms with Crippen LogP contribution in [0.2, 0.25) is 0 Å². The second-order valence-corrected chi connectivity index (χ2v) is 6.02. The molecule has 1 N–H and O–H groups in total. The van der Waals surface area contributed by atoms with Crippen LogP contribution in [-0.4, -0.2) is 46.2 Å². The molecule has 0 saturated carbocycles. The van der Waals surface area contributed by atoms with Gasteiger partial charge < -0.3 is 14.7 Å². The van der Waals surface area contributed by atoms with Crippen LogP contribution in [0.25, 0.3) is 0 Å². The van der Waals surface area contributed by atoms with Crippen LogP contribution in [0.3, 0.4) is 0 Å². The van der Waals surface area contributed by atoms with Crippen LogP contribution in [0.15, 0.2) is 0 Å². The van der Waals surface area contributed by atoms with E-state index in [1.165, 1.54) is 0 Å². The van der Waals surface area contributed by atoms with Crippen molar-refractivity contribution in [1.82, 2.24) is 4.90 Å². The molecule has 4 nitrogen and oxygen atoms in total. The number of carbonyl (C=O) groups is 1. The molecule has 1 heterocycles. The smallest absolute Gasteiger partial charge is 0.410 e. The Labute approximate surface area is 98.7 Å². The van der Waals surface area contributed by atoms with Gasteiger partial charge in [-0.25, -0.2) is 4.79 Å². The molecule has 88 valence electrons. The van der Waals surface area contributed by atoms with Gasteiger partial charge in [0.1, 0.15) is 5.60 Å². The van der Waals surface area contributed by atoms with E-state index in [0.717, 1.165) is 0 Å². The molecule has 0 aromatic carbocycles. The SMILES string of the molecule is CC(C)(C)OC(=O)N1C[C@H](CO)[C@@H](Br)C1. The lowest BCUT2D eigenvalue weighted by Crippen LogP contribution is -2.35. The Hall–Kier alpha value is -0.290. The lowest BCUT2D eigenvalue weighted by molar-refractivity contribution is 0.0284. The van der Waals surface area contributed by atoms with Crippen molar-refractivity contribution in [1.29, 1.82) is 0 Å². The number of amides is 1. The third kappa shape index (κ3) is 3.65. The summed E-state index contributed by atoms with van der Waals surface area (Å²) in [6.07, 6.45) is -0.303. The Balaban J connectivity index is 2.50. The molecule has 1 rings (SSSR count). The number of ether oxygens (including phenoxy) is 1. The number of hydrogen-bond acceptors (Lipinski definition) is 3. The first-order valence-electron chi connectivity index (χ1n) is 5.06. The van der Waals surface area contributed by atoms with Crippen molar-refractivity contribution >= 4 is 22.0 Å². The summed E-state index contributed by atoms with van der Waals surface area (Å²) in [4.78, 5) is 13.5. The number of aliphatic hydroxyl groups excluding tert-OH is 1. The van der Waals surface area contributed by atoms with E-state index in [0.29, 0.717) is 13.1 Å². The lowest BCUT2D eigenvalue weighted by atomic mass is 10.1. The van der Waals surface area contributed by atoms with Gasteiger partial charge in [-0.1, -0.05) is 15.9 Å². The minimum atomic E-state index is -0.462. The summed E-state index contributed by atoms with van der Waals surface area (Å²) in [5.41, 5.74) is -0.462. The average Bonchev–Trinajstić information content (AvgIpc) is 2.43. The molecule has 0 aliphatic carbocycles. The predicted octanol–water partition coefficient (Wildman–Crippen LogP) is 1.61. The van der Waals surface area contributed by atoms with Crippen molar-refractivity contribution in [2.45, 2.75) is 31.2 Å². The highest BCUT2D eigenvalue weighted by molar-refractivity contribution is 9.09. The summed E-state index contributed by atoms with van der Waals surface area (Å²) in [6, 6.07) is 0. The molecule has 5 heteroatoms. The number of likely N-dealkylation sites (tertiary alicyclic amines) is 1. The highest BCUT2D eigenvalue weighted by atomic mass is 79.9. The van der Waals surface area contributed by atoms with E-state index in [-0.39, 0.29) is 23.4 Å². The zero-order valence-corrected chi connectivity index (χ0v) is 11.0. The monoisotopic (exact) mass is 279 g/mol. The van der Waals surface area contributed by atoms with Gasteiger partial charge in [-0.15, -0.1) is 0 Å². The van der Waals surface area contributed by atoms with Gasteiger partial charge >= 0.3 is 6.09 Å². The molecule has 0 radical (unpaired) electrons. The van der Waals surface area contributed by atoms with Crippen molar-refractivity contribution in [3.63, 3.8) is 0 Å². The number of carbonyl (C=O) groups excluding carboxylic acids is 1. The lowest BCUT2D eigenvalue weighted by Gasteiger charge is -2.24. The maximum atomic E-state index is 11.7. The zero-order valence-electron chi connectivity index (χ0n) is 9.36. The van der Waals surface area contributed by atoms with Gasteiger partial charge in [0.15, 0.2) is 0 Å². The largest absolute Gasteiger partial charge is 0.444 e. The highest BCUT2D eigenvalue weighted by Gasteiger charge is 2.35. The Kier molecular flexibility index (Phi) is 4.00. The van der Waals surface area contributed by atoms with Gasteiger partial charge in [0, 0.05) is 30.4 Å². The van der Waals surface area contributed by atoms with Crippen LogP contribution in [-0.2, 0) is 4.74 Å². The Morgan fingerprint density at radius 2 is 2.13 bits per heavy atom. The maximum Gasteiger partial charge on any atom is 0.410 e. The summed E-state index contributed by atoms with van der Waals surface area (Å²) in [5, 5.41) is 9.06. The van der Waals surface area contributed by atoms with Gasteiger partial charge in [-0.3, -0.25) is 0 Å². The number of halogens is 1. The summed E-state index contributed by atoms with van der Waals surface area (Å²) in [7, 11) is 0. The number of rotatable bonds is 1. The standard InChI is InChI=1S/C10H18BrNO3/c1-10(2,3)15-9(14)12-4-7(6-13)8(11)5-12/h7-8,13H,4-6H2,1-3H3/t7-,8+/m1/s1. The quantitative estimate of drug-likeness (QED) is 0.742. The summed E-state index contributed by atoms with van der Waals surface area (Å²) in [6.45, 7) is 6.78. The van der Waals surface area contributed by atoms with Crippen molar-refractivity contribution in [3.05, 3.63) is 0 Å². The van der Waals surface area contributed by atoms with Gasteiger partial charge in [-0.05, 0) is 20.8 Å². The molecule has 1 saturated heterocycles. The molecule has 0 aromatic rings. The Morgan fingerprint density at radius 1 is 1.53 bits per heavy atom. The van der Waals surface area contributed by atoms with Crippen LogP contribution in [0.1, 0.15) is 20.8 Å². The first-order valence-corrected chi connectivity index (χ1v) is 5.98. The summed E-state index contributed by atoms with van der Waals surface area (Å²) in [5.74, 6) is 0.109. The van der Waals surface area contributed by atoms with Crippen molar-refractivity contribution in [2.24, 2.45) is 5.92 Å². The topological polar surface area (TPSA) is 49.8 Å². The minimum Gasteiger partial charge on any atom is -0.444 e. The van der Waals surface area contributed by atoms with Crippen LogP contribution < -0.4 is 0 Å². The normalized spacial score (nSPS) is 26.9. The van der Waals surface area contributed by atoms with Crippen LogP contribution >= 0.6 is 15.9 Å². The Bertz CT molecular complexity index is 239. The highest BCUT2D eigenvalue weighted by Crippen LogP contribution is 2.24. The van der Waals surface area contributed by atoms with E-state index in [2.05, 4.69) is 15.9 Å². The molecular weight excluding hydrogens is 262 g/mol. The molecule has 1 aliphatic rings. The molecule has 0 aromatic heterocycles.